The number of likely N-dealkylation sites (N-methyl/N-ethyl adjacent to an activating group) is 1. The Balaban J connectivity index is 1.72. The van der Waals surface area contributed by atoms with E-state index >= 15 is 0 Å². The molecule has 0 saturated heterocycles. The molecule has 1 atom stereocenters. The summed E-state index contributed by atoms with van der Waals surface area (Å²) in [5.74, 6) is 1.42. The number of nitrogens with zero attached hydrogens (tertiary/aromatic N) is 1. The molecule has 7 heteroatoms. The molecule has 2 aromatic rings. The SMILES string of the molecule is COc1ccc(OC)c([C@H]2NC(=O)c3c(sc4c3CCN(C)C4)N2)c1. The van der Waals surface area contributed by atoms with E-state index in [0.717, 1.165) is 41.4 Å². The lowest BCUT2D eigenvalue weighted by Crippen LogP contribution is -2.38. The minimum absolute atomic E-state index is 0.0225. The lowest BCUT2D eigenvalue weighted by Gasteiger charge is -2.28. The van der Waals surface area contributed by atoms with Gasteiger partial charge in [0.05, 0.1) is 19.8 Å². The van der Waals surface area contributed by atoms with Crippen LogP contribution in [-0.2, 0) is 13.0 Å². The van der Waals surface area contributed by atoms with Gasteiger partial charge in [-0.1, -0.05) is 0 Å². The van der Waals surface area contributed by atoms with Crippen LogP contribution in [-0.4, -0.2) is 38.6 Å². The number of nitrogens with one attached hydrogen (secondary N) is 2. The predicted octanol–water partition coefficient (Wildman–Crippen LogP) is 2.61. The van der Waals surface area contributed by atoms with Crippen molar-refractivity contribution >= 4 is 22.2 Å². The number of thiophene rings is 1. The third-order valence-electron chi connectivity index (χ3n) is 4.77. The van der Waals surface area contributed by atoms with Gasteiger partial charge in [-0.3, -0.25) is 4.79 Å². The van der Waals surface area contributed by atoms with Gasteiger partial charge in [0, 0.05) is 23.5 Å². The Morgan fingerprint density at radius 1 is 1.24 bits per heavy atom. The zero-order valence-corrected chi connectivity index (χ0v) is 15.3. The molecule has 25 heavy (non-hydrogen) atoms. The molecule has 1 aromatic heterocycles. The van der Waals surface area contributed by atoms with Gasteiger partial charge < -0.3 is 25.0 Å². The van der Waals surface area contributed by atoms with Crippen molar-refractivity contribution in [2.24, 2.45) is 0 Å². The van der Waals surface area contributed by atoms with Gasteiger partial charge in [0.25, 0.3) is 5.91 Å². The maximum absolute atomic E-state index is 12.8. The first-order chi connectivity index (χ1) is 12.1. The number of benzene rings is 1. The zero-order valence-electron chi connectivity index (χ0n) is 14.5. The fourth-order valence-electron chi connectivity index (χ4n) is 3.46. The highest BCUT2D eigenvalue weighted by Crippen LogP contribution is 2.42. The number of hydrogen-bond acceptors (Lipinski definition) is 6. The van der Waals surface area contributed by atoms with Crippen molar-refractivity contribution in [3.05, 3.63) is 39.8 Å². The van der Waals surface area contributed by atoms with E-state index in [-0.39, 0.29) is 12.1 Å². The Labute approximate surface area is 150 Å². The average Bonchev–Trinajstić information content (AvgIpc) is 2.98. The van der Waals surface area contributed by atoms with Crippen molar-refractivity contribution < 1.29 is 14.3 Å². The minimum atomic E-state index is -0.345. The Morgan fingerprint density at radius 2 is 2.08 bits per heavy atom. The number of ether oxygens (including phenoxy) is 2. The van der Waals surface area contributed by atoms with Crippen molar-refractivity contribution in [3.8, 4) is 11.5 Å². The summed E-state index contributed by atoms with van der Waals surface area (Å²) in [4.78, 5) is 16.4. The van der Waals surface area contributed by atoms with Crippen LogP contribution in [0, 0.1) is 0 Å². The maximum atomic E-state index is 12.8. The van der Waals surface area contributed by atoms with Crippen molar-refractivity contribution in [1.29, 1.82) is 0 Å². The summed E-state index contributed by atoms with van der Waals surface area (Å²) in [7, 11) is 5.36. The van der Waals surface area contributed by atoms with E-state index in [9.17, 15) is 4.79 Å². The molecule has 0 saturated carbocycles. The molecule has 0 bridgehead atoms. The molecule has 0 radical (unpaired) electrons. The van der Waals surface area contributed by atoms with E-state index in [1.807, 2.05) is 18.2 Å². The summed E-state index contributed by atoms with van der Waals surface area (Å²) in [6.07, 6.45) is 0.572. The lowest BCUT2D eigenvalue weighted by atomic mass is 10.0. The van der Waals surface area contributed by atoms with Crippen LogP contribution in [0.2, 0.25) is 0 Å². The molecule has 2 aliphatic heterocycles. The van der Waals surface area contributed by atoms with Gasteiger partial charge in [0.1, 0.15) is 22.7 Å². The molecular formula is C18H21N3O3S. The van der Waals surface area contributed by atoms with Crippen LogP contribution in [0.3, 0.4) is 0 Å². The van der Waals surface area contributed by atoms with Crippen LogP contribution < -0.4 is 20.1 Å². The fraction of sp³-hybridized carbons (Fsp3) is 0.389. The van der Waals surface area contributed by atoms with Crippen molar-refractivity contribution in [2.75, 3.05) is 33.1 Å². The highest BCUT2D eigenvalue weighted by Gasteiger charge is 2.33. The van der Waals surface area contributed by atoms with E-state index in [1.165, 1.54) is 10.4 Å². The number of fused-ring (bicyclic) bond motifs is 3. The second kappa shape index (κ2) is 6.24. The van der Waals surface area contributed by atoms with Gasteiger partial charge in [0.15, 0.2) is 0 Å². The minimum Gasteiger partial charge on any atom is -0.497 e. The monoisotopic (exact) mass is 359 g/mol. The molecule has 0 spiro atoms. The summed E-state index contributed by atoms with van der Waals surface area (Å²) >= 11 is 1.68. The number of carbonyl (C=O) groups excluding carboxylic acids is 1. The average molecular weight is 359 g/mol. The Bertz CT molecular complexity index is 833. The Morgan fingerprint density at radius 3 is 2.84 bits per heavy atom. The molecule has 3 heterocycles. The van der Waals surface area contributed by atoms with E-state index in [2.05, 4.69) is 22.6 Å². The molecule has 2 N–H and O–H groups in total. The maximum Gasteiger partial charge on any atom is 0.256 e. The van der Waals surface area contributed by atoms with Gasteiger partial charge in [-0.25, -0.2) is 0 Å². The van der Waals surface area contributed by atoms with Crippen molar-refractivity contribution in [2.45, 2.75) is 19.1 Å². The van der Waals surface area contributed by atoms with Gasteiger partial charge >= 0.3 is 0 Å². The largest absolute Gasteiger partial charge is 0.497 e. The summed E-state index contributed by atoms with van der Waals surface area (Å²) in [5.41, 5.74) is 2.86. The van der Waals surface area contributed by atoms with Gasteiger partial charge in [-0.05, 0) is 37.2 Å². The quantitative estimate of drug-likeness (QED) is 0.882. The van der Waals surface area contributed by atoms with Crippen LogP contribution in [0.15, 0.2) is 18.2 Å². The van der Waals surface area contributed by atoms with Gasteiger partial charge in [-0.2, -0.15) is 0 Å². The number of amides is 1. The second-order valence-electron chi connectivity index (χ2n) is 6.35. The molecule has 1 amide bonds. The highest BCUT2D eigenvalue weighted by molar-refractivity contribution is 7.16. The third kappa shape index (κ3) is 2.73. The summed E-state index contributed by atoms with van der Waals surface area (Å²) < 4.78 is 10.8. The van der Waals surface area contributed by atoms with E-state index in [1.54, 1.807) is 25.6 Å². The fourth-order valence-corrected chi connectivity index (χ4v) is 4.82. The van der Waals surface area contributed by atoms with Crippen molar-refractivity contribution in [3.63, 3.8) is 0 Å². The van der Waals surface area contributed by atoms with Gasteiger partial charge in [-0.15, -0.1) is 11.3 Å². The lowest BCUT2D eigenvalue weighted by molar-refractivity contribution is 0.0934. The first-order valence-electron chi connectivity index (χ1n) is 8.23. The highest BCUT2D eigenvalue weighted by atomic mass is 32.1. The number of carbonyl (C=O) groups is 1. The summed E-state index contributed by atoms with van der Waals surface area (Å²) in [6.45, 7) is 1.88. The van der Waals surface area contributed by atoms with E-state index in [0.29, 0.717) is 5.75 Å². The van der Waals surface area contributed by atoms with Crippen molar-refractivity contribution in [1.82, 2.24) is 10.2 Å². The van der Waals surface area contributed by atoms with Crippen LogP contribution in [0.1, 0.15) is 32.5 Å². The molecule has 0 fully saturated rings. The number of rotatable bonds is 3. The first-order valence-corrected chi connectivity index (χ1v) is 9.04. The smallest absolute Gasteiger partial charge is 0.256 e. The molecule has 4 rings (SSSR count). The summed E-state index contributed by atoms with van der Waals surface area (Å²) in [6, 6.07) is 5.59. The number of anilines is 1. The Hall–Kier alpha value is -2.25. The summed E-state index contributed by atoms with van der Waals surface area (Å²) in [5, 5.41) is 7.49. The Kier molecular flexibility index (Phi) is 4.05. The van der Waals surface area contributed by atoms with Gasteiger partial charge in [0.2, 0.25) is 0 Å². The molecular weight excluding hydrogens is 338 g/mol. The third-order valence-corrected chi connectivity index (χ3v) is 5.92. The first kappa shape index (κ1) is 16.2. The van der Waals surface area contributed by atoms with E-state index < -0.39 is 0 Å². The standard InChI is InChI=1S/C18H21N3O3S/c1-21-7-6-11-14(9-21)25-18-15(11)17(22)19-16(20-18)12-8-10(23-2)4-5-13(12)24-3/h4-5,8,16,20H,6-7,9H2,1-3H3,(H,19,22)/t16-/m0/s1. The van der Waals surface area contributed by atoms with E-state index in [4.69, 9.17) is 9.47 Å². The second-order valence-corrected chi connectivity index (χ2v) is 7.46. The molecule has 6 nitrogen and oxygen atoms in total. The number of hydrogen-bond donors (Lipinski definition) is 2. The number of methoxy groups -OCH3 is 2. The predicted molar refractivity (Wildman–Crippen MR) is 97.7 cm³/mol. The van der Waals surface area contributed by atoms with Crippen LogP contribution >= 0.6 is 11.3 Å². The molecule has 1 aromatic carbocycles. The topological polar surface area (TPSA) is 62.8 Å². The van der Waals surface area contributed by atoms with Crippen LogP contribution in [0.25, 0.3) is 0 Å². The molecule has 0 aliphatic carbocycles. The molecule has 132 valence electrons. The normalized spacial score (nSPS) is 19.5. The molecule has 2 aliphatic rings. The van der Waals surface area contributed by atoms with Crippen LogP contribution in [0.4, 0.5) is 5.00 Å². The molecule has 0 unspecified atom stereocenters. The van der Waals surface area contributed by atoms with Crippen LogP contribution in [0.5, 0.6) is 11.5 Å². The zero-order chi connectivity index (χ0) is 17.6.